The number of halogens is 1. The predicted octanol–water partition coefficient (Wildman–Crippen LogP) is 1.75. The summed E-state index contributed by atoms with van der Waals surface area (Å²) in [6, 6.07) is 1.52. The Labute approximate surface area is 115 Å². The Morgan fingerprint density at radius 3 is 2.89 bits per heavy atom. The van der Waals surface area contributed by atoms with E-state index in [0.29, 0.717) is 29.3 Å². The quantitative estimate of drug-likeness (QED) is 0.618. The highest BCUT2D eigenvalue weighted by Gasteiger charge is 2.14. The summed E-state index contributed by atoms with van der Waals surface area (Å²) >= 11 is 6.08. The van der Waals surface area contributed by atoms with E-state index in [-0.39, 0.29) is 0 Å². The van der Waals surface area contributed by atoms with Crippen LogP contribution in [0.15, 0.2) is 12.3 Å². The molecule has 2 heterocycles. The van der Waals surface area contributed by atoms with Crippen molar-refractivity contribution in [1.29, 1.82) is 0 Å². The van der Waals surface area contributed by atoms with Gasteiger partial charge < -0.3 is 9.47 Å². The van der Waals surface area contributed by atoms with Crippen LogP contribution in [-0.2, 0) is 15.9 Å². The summed E-state index contributed by atoms with van der Waals surface area (Å²) in [6.45, 7) is 0.638. The monoisotopic (exact) mass is 283 g/mol. The molecule has 0 aliphatic rings. The summed E-state index contributed by atoms with van der Waals surface area (Å²) in [5.74, 6) is 0.292. The van der Waals surface area contributed by atoms with Crippen molar-refractivity contribution >= 4 is 23.2 Å². The number of hydrogen-bond donors (Lipinski definition) is 0. The van der Waals surface area contributed by atoms with Crippen LogP contribution in [0, 0.1) is 0 Å². The van der Waals surface area contributed by atoms with Crippen LogP contribution in [0.5, 0.6) is 0 Å². The number of aromatic nitrogens is 3. The Kier molecular flexibility index (Phi) is 4.34. The molecule has 102 valence electrons. The van der Waals surface area contributed by atoms with Crippen molar-refractivity contribution in [2.24, 2.45) is 0 Å². The maximum Gasteiger partial charge on any atom is 0.339 e. The van der Waals surface area contributed by atoms with Gasteiger partial charge in [0.05, 0.1) is 17.7 Å². The molecule has 0 fully saturated rings. The lowest BCUT2D eigenvalue weighted by Crippen LogP contribution is -2.05. The highest BCUT2D eigenvalue weighted by Crippen LogP contribution is 2.19. The van der Waals surface area contributed by atoms with Crippen molar-refractivity contribution in [3.8, 4) is 0 Å². The second-order valence-corrected chi connectivity index (χ2v) is 4.38. The third-order valence-electron chi connectivity index (χ3n) is 2.70. The van der Waals surface area contributed by atoms with Gasteiger partial charge in [0.1, 0.15) is 5.82 Å². The average Bonchev–Trinajstić information content (AvgIpc) is 2.82. The number of methoxy groups -OCH3 is 2. The summed E-state index contributed by atoms with van der Waals surface area (Å²) in [4.78, 5) is 11.5. The number of ether oxygens (including phenoxy) is 2. The van der Waals surface area contributed by atoms with Crippen molar-refractivity contribution in [3.05, 3.63) is 28.7 Å². The van der Waals surface area contributed by atoms with Crippen molar-refractivity contribution < 1.29 is 14.3 Å². The van der Waals surface area contributed by atoms with Crippen LogP contribution >= 0.6 is 11.6 Å². The number of carbonyl (C=O) groups excluding carboxylic acids is 1. The summed E-state index contributed by atoms with van der Waals surface area (Å²) in [6.07, 6.45) is 3.14. The normalized spacial score (nSPS) is 10.9. The van der Waals surface area contributed by atoms with Crippen LogP contribution in [0.2, 0.25) is 5.02 Å². The van der Waals surface area contributed by atoms with Gasteiger partial charge in [-0.2, -0.15) is 0 Å². The summed E-state index contributed by atoms with van der Waals surface area (Å²) in [7, 11) is 2.97. The molecule has 0 saturated heterocycles. The highest BCUT2D eigenvalue weighted by molar-refractivity contribution is 6.33. The van der Waals surface area contributed by atoms with Gasteiger partial charge in [0.15, 0.2) is 5.65 Å². The topological polar surface area (TPSA) is 65.7 Å². The van der Waals surface area contributed by atoms with Gasteiger partial charge in [0.25, 0.3) is 0 Å². The number of hydrogen-bond acceptors (Lipinski definition) is 5. The number of nitrogens with zero attached hydrogens (tertiary/aromatic N) is 3. The van der Waals surface area contributed by atoms with Gasteiger partial charge in [-0.3, -0.25) is 4.40 Å². The van der Waals surface area contributed by atoms with Gasteiger partial charge in [-0.05, 0) is 12.5 Å². The molecule has 0 aliphatic carbocycles. The zero-order chi connectivity index (χ0) is 13.8. The molecular weight excluding hydrogens is 270 g/mol. The first-order valence-corrected chi connectivity index (χ1v) is 6.15. The molecule has 2 aromatic rings. The summed E-state index contributed by atoms with van der Waals surface area (Å²) in [5.41, 5.74) is 0.898. The number of pyridine rings is 1. The average molecular weight is 284 g/mol. The fraction of sp³-hybridized carbons (Fsp3) is 0.417. The molecule has 0 atom stereocenters. The number of fused-ring (bicyclic) bond motifs is 1. The molecule has 0 amide bonds. The van der Waals surface area contributed by atoms with Gasteiger partial charge >= 0.3 is 5.97 Å². The second kappa shape index (κ2) is 5.99. The molecule has 0 bridgehead atoms. The van der Waals surface area contributed by atoms with E-state index in [4.69, 9.17) is 16.3 Å². The third kappa shape index (κ3) is 2.85. The molecule has 0 spiro atoms. The van der Waals surface area contributed by atoms with E-state index < -0.39 is 5.97 Å². The molecule has 2 rings (SSSR count). The lowest BCUT2D eigenvalue weighted by molar-refractivity contribution is 0.0600. The third-order valence-corrected chi connectivity index (χ3v) is 2.98. The minimum atomic E-state index is -0.444. The predicted molar refractivity (Wildman–Crippen MR) is 69.5 cm³/mol. The molecular formula is C12H14ClN3O3. The molecule has 0 aliphatic heterocycles. The first-order valence-electron chi connectivity index (χ1n) is 5.77. The molecule has 6 nitrogen and oxygen atoms in total. The van der Waals surface area contributed by atoms with Crippen LogP contribution in [0.25, 0.3) is 5.65 Å². The first kappa shape index (κ1) is 13.8. The lowest BCUT2D eigenvalue weighted by Gasteiger charge is -2.04. The number of esters is 1. The second-order valence-electron chi connectivity index (χ2n) is 3.97. The molecule has 0 aromatic carbocycles. The van der Waals surface area contributed by atoms with Gasteiger partial charge in [0.2, 0.25) is 0 Å². The smallest absolute Gasteiger partial charge is 0.339 e. The zero-order valence-corrected chi connectivity index (χ0v) is 11.5. The fourth-order valence-electron chi connectivity index (χ4n) is 1.77. The summed E-state index contributed by atoms with van der Waals surface area (Å²) < 4.78 is 11.4. The van der Waals surface area contributed by atoms with Gasteiger partial charge in [-0.15, -0.1) is 10.2 Å². The number of rotatable bonds is 5. The standard InChI is InChI=1S/C12H14ClN3O3/c1-18-5-3-4-10-14-15-11-9(13)6-8(7-16(10)11)12(17)19-2/h6-7H,3-5H2,1-2H3. The van der Waals surface area contributed by atoms with Crippen LogP contribution in [0.3, 0.4) is 0 Å². The Hall–Kier alpha value is -1.66. The highest BCUT2D eigenvalue weighted by atomic mass is 35.5. The minimum Gasteiger partial charge on any atom is -0.465 e. The van der Waals surface area contributed by atoms with Gasteiger partial charge in [-0.25, -0.2) is 4.79 Å². The van der Waals surface area contributed by atoms with Crippen LogP contribution in [0.4, 0.5) is 0 Å². The largest absolute Gasteiger partial charge is 0.465 e. The maximum atomic E-state index is 11.5. The molecule has 0 radical (unpaired) electrons. The van der Waals surface area contributed by atoms with E-state index >= 15 is 0 Å². The Bertz CT molecular complexity index is 597. The number of aryl methyl sites for hydroxylation is 1. The first-order chi connectivity index (χ1) is 9.17. The van der Waals surface area contributed by atoms with E-state index in [2.05, 4.69) is 14.9 Å². The molecule has 0 N–H and O–H groups in total. The van der Waals surface area contributed by atoms with Crippen molar-refractivity contribution in [3.63, 3.8) is 0 Å². The Morgan fingerprint density at radius 1 is 1.42 bits per heavy atom. The van der Waals surface area contributed by atoms with Crippen molar-refractivity contribution in [2.45, 2.75) is 12.8 Å². The Morgan fingerprint density at radius 2 is 2.21 bits per heavy atom. The van der Waals surface area contributed by atoms with E-state index in [1.807, 2.05) is 0 Å². The zero-order valence-electron chi connectivity index (χ0n) is 10.7. The fourth-order valence-corrected chi connectivity index (χ4v) is 2.02. The summed E-state index contributed by atoms with van der Waals surface area (Å²) in [5, 5.41) is 8.46. The number of carbonyl (C=O) groups is 1. The SMILES string of the molecule is COCCCc1nnc2c(Cl)cc(C(=O)OC)cn12. The van der Waals surface area contributed by atoms with E-state index in [0.717, 1.165) is 12.2 Å². The molecule has 2 aromatic heterocycles. The lowest BCUT2D eigenvalue weighted by atomic mass is 10.2. The van der Waals surface area contributed by atoms with E-state index in [1.54, 1.807) is 17.7 Å². The van der Waals surface area contributed by atoms with Crippen LogP contribution in [-0.4, -0.2) is 41.4 Å². The molecule has 0 unspecified atom stereocenters. The maximum absolute atomic E-state index is 11.5. The van der Waals surface area contributed by atoms with Crippen molar-refractivity contribution in [2.75, 3.05) is 20.8 Å². The Balaban J connectivity index is 2.38. The van der Waals surface area contributed by atoms with Gasteiger partial charge in [0, 0.05) is 26.3 Å². The van der Waals surface area contributed by atoms with E-state index in [9.17, 15) is 4.79 Å². The van der Waals surface area contributed by atoms with Gasteiger partial charge in [-0.1, -0.05) is 11.6 Å². The van der Waals surface area contributed by atoms with Crippen LogP contribution in [0.1, 0.15) is 22.6 Å². The van der Waals surface area contributed by atoms with Crippen LogP contribution < -0.4 is 0 Å². The van der Waals surface area contributed by atoms with Crippen molar-refractivity contribution in [1.82, 2.24) is 14.6 Å². The molecule has 0 saturated carbocycles. The minimum absolute atomic E-state index is 0.368. The molecule has 19 heavy (non-hydrogen) atoms. The molecule has 7 heteroatoms. The van der Waals surface area contributed by atoms with E-state index in [1.165, 1.54) is 13.2 Å².